The molecule has 1 unspecified atom stereocenters. The first-order valence-electron chi connectivity index (χ1n) is 6.40. The Balaban J connectivity index is 2.08. The normalized spacial score (nSPS) is 21.1. The molecule has 2 N–H and O–H groups in total. The molecule has 2 rings (SSSR count). The van der Waals surface area contributed by atoms with Crippen LogP contribution in [-0.4, -0.2) is 27.7 Å². The number of aromatic nitrogens is 2. The van der Waals surface area contributed by atoms with Gasteiger partial charge in [0, 0.05) is 18.4 Å². The van der Waals surface area contributed by atoms with Gasteiger partial charge in [-0.15, -0.1) is 0 Å². The molecule has 0 radical (unpaired) electrons. The van der Waals surface area contributed by atoms with Crippen LogP contribution in [0.1, 0.15) is 44.7 Å². The molecule has 0 amide bonds. The minimum Gasteiger partial charge on any atom is -0.394 e. The van der Waals surface area contributed by atoms with Crippen LogP contribution in [0.5, 0.6) is 0 Å². The van der Waals surface area contributed by atoms with E-state index in [9.17, 15) is 5.11 Å². The van der Waals surface area contributed by atoms with Crippen molar-refractivity contribution >= 4 is 0 Å². The molecule has 94 valence electrons. The standard InChI is InChI=1S/C13H21N3O/c1-13(10-17,12-9-14-7-8-15-12)16-11-5-3-2-4-6-11/h7-9,11,16-17H,2-6,10H2,1H3. The second kappa shape index (κ2) is 5.56. The summed E-state index contributed by atoms with van der Waals surface area (Å²) in [6, 6.07) is 0.489. The Bertz CT molecular complexity index is 338. The topological polar surface area (TPSA) is 58.0 Å². The highest BCUT2D eigenvalue weighted by Gasteiger charge is 2.30. The molecular formula is C13H21N3O. The highest BCUT2D eigenvalue weighted by Crippen LogP contribution is 2.24. The first-order valence-corrected chi connectivity index (χ1v) is 6.40. The Morgan fingerprint density at radius 3 is 2.71 bits per heavy atom. The fourth-order valence-electron chi connectivity index (χ4n) is 2.48. The lowest BCUT2D eigenvalue weighted by atomic mass is 9.91. The maximum Gasteiger partial charge on any atom is 0.0831 e. The van der Waals surface area contributed by atoms with Crippen molar-refractivity contribution in [3.63, 3.8) is 0 Å². The molecule has 17 heavy (non-hydrogen) atoms. The smallest absolute Gasteiger partial charge is 0.0831 e. The van der Waals surface area contributed by atoms with Crippen molar-refractivity contribution in [2.24, 2.45) is 0 Å². The Labute approximate surface area is 102 Å². The zero-order valence-corrected chi connectivity index (χ0v) is 10.4. The number of hydrogen-bond donors (Lipinski definition) is 2. The summed E-state index contributed by atoms with van der Waals surface area (Å²) in [7, 11) is 0. The Morgan fingerprint density at radius 2 is 2.12 bits per heavy atom. The van der Waals surface area contributed by atoms with Crippen LogP contribution in [0, 0.1) is 0 Å². The van der Waals surface area contributed by atoms with Crippen molar-refractivity contribution < 1.29 is 5.11 Å². The van der Waals surface area contributed by atoms with Gasteiger partial charge in [0.15, 0.2) is 0 Å². The predicted octanol–water partition coefficient (Wildman–Crippen LogP) is 1.61. The van der Waals surface area contributed by atoms with E-state index in [1.165, 1.54) is 32.1 Å². The number of aliphatic hydroxyl groups excluding tert-OH is 1. The van der Waals surface area contributed by atoms with Crippen molar-refractivity contribution in [3.8, 4) is 0 Å². The average molecular weight is 235 g/mol. The molecule has 4 heteroatoms. The fourth-order valence-corrected chi connectivity index (χ4v) is 2.48. The van der Waals surface area contributed by atoms with Crippen molar-refractivity contribution in [1.82, 2.24) is 15.3 Å². The zero-order chi connectivity index (χ0) is 12.1. The average Bonchev–Trinajstić information content (AvgIpc) is 2.41. The molecule has 1 aromatic rings. The Morgan fingerprint density at radius 1 is 1.35 bits per heavy atom. The van der Waals surface area contributed by atoms with Crippen molar-refractivity contribution in [3.05, 3.63) is 24.3 Å². The lowest BCUT2D eigenvalue weighted by Crippen LogP contribution is -2.49. The summed E-state index contributed by atoms with van der Waals surface area (Å²) in [5.41, 5.74) is 0.337. The molecule has 0 saturated heterocycles. The molecule has 0 bridgehead atoms. The summed E-state index contributed by atoms with van der Waals surface area (Å²) in [5.74, 6) is 0. The Hall–Kier alpha value is -1.00. The molecule has 0 aliphatic heterocycles. The molecule has 4 nitrogen and oxygen atoms in total. The van der Waals surface area contributed by atoms with E-state index in [2.05, 4.69) is 15.3 Å². The largest absolute Gasteiger partial charge is 0.394 e. The predicted molar refractivity (Wildman–Crippen MR) is 66.5 cm³/mol. The van der Waals surface area contributed by atoms with Crippen molar-refractivity contribution in [2.75, 3.05) is 6.61 Å². The summed E-state index contributed by atoms with van der Waals surface area (Å²) in [6.45, 7) is 2.04. The Kier molecular flexibility index (Phi) is 4.07. The third kappa shape index (κ3) is 3.01. The van der Waals surface area contributed by atoms with Gasteiger partial charge in [-0.1, -0.05) is 19.3 Å². The van der Waals surface area contributed by atoms with Gasteiger partial charge < -0.3 is 10.4 Å². The first kappa shape index (κ1) is 12.5. The van der Waals surface area contributed by atoms with E-state index >= 15 is 0 Å². The lowest BCUT2D eigenvalue weighted by molar-refractivity contribution is 0.147. The second-order valence-corrected chi connectivity index (χ2v) is 5.06. The molecular weight excluding hydrogens is 214 g/mol. The maximum atomic E-state index is 9.64. The van der Waals surface area contributed by atoms with Gasteiger partial charge in [0.25, 0.3) is 0 Å². The molecule has 1 heterocycles. The van der Waals surface area contributed by atoms with Crippen LogP contribution in [0.25, 0.3) is 0 Å². The van der Waals surface area contributed by atoms with E-state index < -0.39 is 5.54 Å². The second-order valence-electron chi connectivity index (χ2n) is 5.06. The quantitative estimate of drug-likeness (QED) is 0.832. The van der Waals surface area contributed by atoms with Crippen molar-refractivity contribution in [2.45, 2.75) is 50.6 Å². The molecule has 1 saturated carbocycles. The summed E-state index contributed by atoms with van der Waals surface area (Å²) < 4.78 is 0. The third-order valence-electron chi connectivity index (χ3n) is 3.57. The van der Waals surface area contributed by atoms with Crippen LogP contribution in [0.4, 0.5) is 0 Å². The molecule has 1 aliphatic carbocycles. The van der Waals surface area contributed by atoms with Crippen molar-refractivity contribution in [1.29, 1.82) is 0 Å². The summed E-state index contributed by atoms with van der Waals surface area (Å²) in [5, 5.41) is 13.2. The number of nitrogens with zero attached hydrogens (tertiary/aromatic N) is 2. The SMILES string of the molecule is CC(CO)(NC1CCCCC1)c1cnccn1. The van der Waals surface area contributed by atoms with Gasteiger partial charge in [0.2, 0.25) is 0 Å². The molecule has 1 aromatic heterocycles. The highest BCUT2D eigenvalue weighted by atomic mass is 16.3. The molecule has 1 atom stereocenters. The maximum absolute atomic E-state index is 9.64. The van der Waals surface area contributed by atoms with Gasteiger partial charge in [0.1, 0.15) is 0 Å². The van der Waals surface area contributed by atoms with E-state index in [4.69, 9.17) is 0 Å². The van der Waals surface area contributed by atoms with Crippen LogP contribution < -0.4 is 5.32 Å². The zero-order valence-electron chi connectivity index (χ0n) is 10.4. The monoisotopic (exact) mass is 235 g/mol. The molecule has 1 aliphatic rings. The molecule has 0 aromatic carbocycles. The summed E-state index contributed by atoms with van der Waals surface area (Å²) >= 11 is 0. The first-order chi connectivity index (χ1) is 8.24. The van der Waals surface area contributed by atoms with Gasteiger partial charge in [-0.25, -0.2) is 0 Å². The number of aliphatic hydroxyl groups is 1. The van der Waals surface area contributed by atoms with Crippen LogP contribution in [0.3, 0.4) is 0 Å². The van der Waals surface area contributed by atoms with E-state index in [0.717, 1.165) is 5.69 Å². The minimum absolute atomic E-state index is 0.0438. The van der Waals surface area contributed by atoms with Crippen LogP contribution in [-0.2, 0) is 5.54 Å². The highest BCUT2D eigenvalue weighted by molar-refractivity contribution is 5.11. The summed E-state index contributed by atoms with van der Waals surface area (Å²) in [4.78, 5) is 8.38. The van der Waals surface area contributed by atoms with Gasteiger partial charge >= 0.3 is 0 Å². The van der Waals surface area contributed by atoms with E-state index in [1.807, 2.05) is 6.92 Å². The number of hydrogen-bond acceptors (Lipinski definition) is 4. The minimum atomic E-state index is -0.476. The van der Waals surface area contributed by atoms with Gasteiger partial charge in [0.05, 0.1) is 24.0 Å². The van der Waals surface area contributed by atoms with Gasteiger partial charge in [-0.2, -0.15) is 0 Å². The number of nitrogens with one attached hydrogen (secondary N) is 1. The molecule has 0 spiro atoms. The molecule has 1 fully saturated rings. The van der Waals surface area contributed by atoms with Gasteiger partial charge in [-0.05, 0) is 19.8 Å². The third-order valence-corrected chi connectivity index (χ3v) is 3.57. The van der Waals surface area contributed by atoms with E-state index in [-0.39, 0.29) is 6.61 Å². The summed E-state index contributed by atoms with van der Waals surface area (Å²) in [6.07, 6.45) is 11.3. The lowest BCUT2D eigenvalue weighted by Gasteiger charge is -2.34. The van der Waals surface area contributed by atoms with Crippen LogP contribution in [0.15, 0.2) is 18.6 Å². The van der Waals surface area contributed by atoms with Crippen LogP contribution in [0.2, 0.25) is 0 Å². The fraction of sp³-hybridized carbons (Fsp3) is 0.692. The van der Waals surface area contributed by atoms with Gasteiger partial charge in [-0.3, -0.25) is 9.97 Å². The van der Waals surface area contributed by atoms with E-state index in [0.29, 0.717) is 6.04 Å². The van der Waals surface area contributed by atoms with E-state index in [1.54, 1.807) is 18.6 Å². The number of rotatable bonds is 4. The van der Waals surface area contributed by atoms with Crippen LogP contribution >= 0.6 is 0 Å².